The summed E-state index contributed by atoms with van der Waals surface area (Å²) in [6.45, 7) is 5.34. The van der Waals surface area contributed by atoms with Crippen LogP contribution in [-0.4, -0.2) is 20.4 Å². The Morgan fingerprint density at radius 2 is 1.94 bits per heavy atom. The number of halogens is 2. The molecule has 1 N–H and O–H groups in total. The minimum Gasteiger partial charge on any atom is -0.350 e. The molecule has 18 heavy (non-hydrogen) atoms. The maximum absolute atomic E-state index is 11.8. The molecule has 1 aromatic carbocycles. The van der Waals surface area contributed by atoms with Crippen molar-refractivity contribution in [2.75, 3.05) is 0 Å². The molecule has 0 atom stereocenters. The normalized spacial score (nSPS) is 11.7. The summed E-state index contributed by atoms with van der Waals surface area (Å²) in [6.07, 6.45) is 0. The predicted molar refractivity (Wildman–Crippen MR) is 74.5 cm³/mol. The van der Waals surface area contributed by atoms with Crippen molar-refractivity contribution in [3.63, 3.8) is 0 Å². The summed E-state index contributed by atoms with van der Waals surface area (Å²) in [4.78, 5) is 11.7. The van der Waals surface area contributed by atoms with Crippen molar-refractivity contribution < 1.29 is 13.2 Å². The topological polar surface area (TPSA) is 63.2 Å². The molecule has 0 aliphatic heterocycles. The largest absolute Gasteiger partial charge is 0.350 e. The monoisotopic (exact) mass is 353 g/mol. The molecule has 0 aliphatic carbocycles. The summed E-state index contributed by atoms with van der Waals surface area (Å²) in [6, 6.07) is 2.84. The zero-order valence-corrected chi connectivity index (χ0v) is 13.3. The maximum atomic E-state index is 11.8. The number of benzene rings is 1. The van der Waals surface area contributed by atoms with E-state index >= 15 is 0 Å². The van der Waals surface area contributed by atoms with E-state index in [9.17, 15) is 13.2 Å². The van der Waals surface area contributed by atoms with Crippen molar-refractivity contribution >= 4 is 41.6 Å². The smallest absolute Gasteiger partial charge is 0.262 e. The Labute approximate surface area is 119 Å². The molecule has 0 bridgehead atoms. The molecule has 7 heteroatoms. The molecule has 0 radical (unpaired) electrons. The summed E-state index contributed by atoms with van der Waals surface area (Å²) in [5.41, 5.74) is 0.897. The van der Waals surface area contributed by atoms with Crippen LogP contribution in [0.25, 0.3) is 0 Å². The Balaban J connectivity index is 3.34. The second kappa shape index (κ2) is 5.59. The van der Waals surface area contributed by atoms with Crippen LogP contribution in [0.4, 0.5) is 0 Å². The van der Waals surface area contributed by atoms with Crippen molar-refractivity contribution in [2.45, 2.75) is 31.7 Å². The second-order valence-corrected chi connectivity index (χ2v) is 7.50. The second-order valence-electron chi connectivity index (χ2n) is 4.17. The Hall–Kier alpha value is -0.590. The molecule has 1 rings (SSSR count). The lowest BCUT2D eigenvalue weighted by molar-refractivity contribution is 0.0943. The summed E-state index contributed by atoms with van der Waals surface area (Å²) < 4.78 is 23.2. The highest BCUT2D eigenvalue weighted by Gasteiger charge is 2.19. The summed E-state index contributed by atoms with van der Waals surface area (Å²) in [5.74, 6) is -0.331. The van der Waals surface area contributed by atoms with E-state index in [1.165, 1.54) is 6.07 Å². The van der Waals surface area contributed by atoms with Crippen LogP contribution in [0.1, 0.15) is 29.8 Å². The number of hydrogen-bond donors (Lipinski definition) is 1. The number of carbonyl (C=O) groups is 1. The highest BCUT2D eigenvalue weighted by Crippen LogP contribution is 2.29. The van der Waals surface area contributed by atoms with Gasteiger partial charge in [0, 0.05) is 26.8 Å². The van der Waals surface area contributed by atoms with Gasteiger partial charge in [-0.05, 0) is 54.4 Å². The quantitative estimate of drug-likeness (QED) is 0.849. The fraction of sp³-hybridized carbons (Fsp3) is 0.364. The standard InChI is InChI=1S/C11H13BrClNO3S/c1-6(2)14-11(15)8-4-7(3)10(12)9(5-8)18(13,16)17/h4-6H,1-3H3,(H,14,15). The highest BCUT2D eigenvalue weighted by atomic mass is 79.9. The van der Waals surface area contributed by atoms with Gasteiger partial charge >= 0.3 is 0 Å². The van der Waals surface area contributed by atoms with Gasteiger partial charge in [0.2, 0.25) is 0 Å². The maximum Gasteiger partial charge on any atom is 0.262 e. The molecule has 100 valence electrons. The summed E-state index contributed by atoms with van der Waals surface area (Å²) in [7, 11) is 1.43. The van der Waals surface area contributed by atoms with E-state index in [0.717, 1.165) is 0 Å². The van der Waals surface area contributed by atoms with Crippen LogP contribution in [0.3, 0.4) is 0 Å². The first-order valence-corrected chi connectivity index (χ1v) is 8.29. The fourth-order valence-electron chi connectivity index (χ4n) is 1.39. The molecule has 0 unspecified atom stereocenters. The zero-order valence-electron chi connectivity index (χ0n) is 10.1. The lowest BCUT2D eigenvalue weighted by Gasteiger charge is -2.11. The van der Waals surface area contributed by atoms with Crippen LogP contribution < -0.4 is 5.32 Å². The number of hydrogen-bond acceptors (Lipinski definition) is 3. The third-order valence-electron chi connectivity index (χ3n) is 2.17. The number of aryl methyl sites for hydroxylation is 1. The van der Waals surface area contributed by atoms with Gasteiger partial charge in [-0.2, -0.15) is 0 Å². The Morgan fingerprint density at radius 3 is 2.39 bits per heavy atom. The Morgan fingerprint density at radius 1 is 1.39 bits per heavy atom. The van der Waals surface area contributed by atoms with E-state index < -0.39 is 9.05 Å². The van der Waals surface area contributed by atoms with Crippen LogP contribution in [-0.2, 0) is 9.05 Å². The third kappa shape index (κ3) is 3.70. The van der Waals surface area contributed by atoms with Crippen molar-refractivity contribution in [1.82, 2.24) is 5.32 Å². The SMILES string of the molecule is Cc1cc(C(=O)NC(C)C)cc(S(=O)(=O)Cl)c1Br. The summed E-state index contributed by atoms with van der Waals surface area (Å²) >= 11 is 3.15. The molecule has 0 spiro atoms. The highest BCUT2D eigenvalue weighted by molar-refractivity contribution is 9.10. The third-order valence-corrected chi connectivity index (χ3v) is 4.83. The van der Waals surface area contributed by atoms with E-state index in [4.69, 9.17) is 10.7 Å². The van der Waals surface area contributed by atoms with Gasteiger partial charge in [-0.3, -0.25) is 4.79 Å². The van der Waals surface area contributed by atoms with Crippen LogP contribution in [0.2, 0.25) is 0 Å². The van der Waals surface area contributed by atoms with Gasteiger partial charge in [-0.15, -0.1) is 0 Å². The van der Waals surface area contributed by atoms with Crippen molar-refractivity contribution in [2.24, 2.45) is 0 Å². The Kier molecular flexibility index (Phi) is 4.80. The van der Waals surface area contributed by atoms with E-state index in [1.54, 1.807) is 13.0 Å². The molecule has 0 aliphatic rings. The van der Waals surface area contributed by atoms with Crippen molar-refractivity contribution in [3.05, 3.63) is 27.7 Å². The van der Waals surface area contributed by atoms with Crippen LogP contribution in [0, 0.1) is 6.92 Å². The predicted octanol–water partition coefficient (Wildman–Crippen LogP) is 2.82. The average Bonchev–Trinajstić information content (AvgIpc) is 2.18. The van der Waals surface area contributed by atoms with Crippen molar-refractivity contribution in [1.29, 1.82) is 0 Å². The number of amides is 1. The lowest BCUT2D eigenvalue weighted by atomic mass is 10.1. The van der Waals surface area contributed by atoms with E-state index in [1.807, 2.05) is 13.8 Å². The van der Waals surface area contributed by atoms with Crippen LogP contribution >= 0.6 is 26.6 Å². The molecule has 0 saturated carbocycles. The molecule has 0 aromatic heterocycles. The first kappa shape index (κ1) is 15.5. The number of nitrogens with one attached hydrogen (secondary N) is 1. The van der Waals surface area contributed by atoms with E-state index in [0.29, 0.717) is 10.0 Å². The molecule has 0 heterocycles. The van der Waals surface area contributed by atoms with Gasteiger partial charge in [0.1, 0.15) is 0 Å². The van der Waals surface area contributed by atoms with Gasteiger partial charge in [0.05, 0.1) is 4.90 Å². The van der Waals surface area contributed by atoms with Gasteiger partial charge < -0.3 is 5.32 Å². The Bertz CT molecular complexity index is 584. The molecule has 1 amide bonds. The fourth-order valence-corrected chi connectivity index (χ4v) is 3.55. The van der Waals surface area contributed by atoms with Crippen LogP contribution in [0.5, 0.6) is 0 Å². The van der Waals surface area contributed by atoms with Crippen molar-refractivity contribution in [3.8, 4) is 0 Å². The molecular formula is C11H13BrClNO3S. The summed E-state index contributed by atoms with van der Waals surface area (Å²) in [5, 5.41) is 2.69. The molecule has 4 nitrogen and oxygen atoms in total. The molecule has 0 fully saturated rings. The average molecular weight is 355 g/mol. The molecular weight excluding hydrogens is 342 g/mol. The minimum atomic E-state index is -3.90. The zero-order chi connectivity index (χ0) is 14.1. The lowest BCUT2D eigenvalue weighted by Crippen LogP contribution is -2.30. The first-order valence-electron chi connectivity index (χ1n) is 5.18. The number of carbonyl (C=O) groups excluding carboxylic acids is 1. The minimum absolute atomic E-state index is 0.0301. The first-order chi connectivity index (χ1) is 8.12. The molecule has 1 aromatic rings. The number of rotatable bonds is 3. The van der Waals surface area contributed by atoms with Gasteiger partial charge in [-0.25, -0.2) is 8.42 Å². The van der Waals surface area contributed by atoms with Crippen LogP contribution in [0.15, 0.2) is 21.5 Å². The van der Waals surface area contributed by atoms with Gasteiger partial charge in [0.15, 0.2) is 0 Å². The van der Waals surface area contributed by atoms with Gasteiger partial charge in [-0.1, -0.05) is 0 Å². The van der Waals surface area contributed by atoms with E-state index in [2.05, 4.69) is 21.2 Å². The van der Waals surface area contributed by atoms with E-state index in [-0.39, 0.29) is 22.4 Å². The van der Waals surface area contributed by atoms with Gasteiger partial charge in [0.25, 0.3) is 15.0 Å². The molecule has 0 saturated heterocycles.